The van der Waals surface area contributed by atoms with E-state index in [1.807, 2.05) is 38.1 Å². The molecule has 0 aliphatic carbocycles. The Morgan fingerprint density at radius 1 is 0.914 bits per heavy atom. The van der Waals surface area contributed by atoms with Gasteiger partial charge in [0, 0.05) is 11.3 Å². The lowest BCUT2D eigenvalue weighted by atomic mass is 10.1. The van der Waals surface area contributed by atoms with E-state index in [0.717, 1.165) is 30.2 Å². The number of anilines is 2. The van der Waals surface area contributed by atoms with Gasteiger partial charge in [0.05, 0.1) is 30.7 Å². The zero-order valence-electron chi connectivity index (χ0n) is 20.2. The molecule has 0 aromatic heterocycles. The number of carbonyl (C=O) groups excluding carboxylic acids is 2. The summed E-state index contributed by atoms with van der Waals surface area (Å²) in [6.45, 7) is 4.53. The van der Waals surface area contributed by atoms with Crippen molar-refractivity contribution in [2.45, 2.75) is 33.2 Å². The van der Waals surface area contributed by atoms with Crippen LogP contribution in [0, 0.1) is 6.92 Å². The molecule has 0 aliphatic heterocycles. The van der Waals surface area contributed by atoms with E-state index < -0.39 is 16.0 Å². The molecule has 0 aliphatic rings. The Hall–Kier alpha value is -3.65. The fourth-order valence-electron chi connectivity index (χ4n) is 3.41. The van der Waals surface area contributed by atoms with E-state index in [9.17, 15) is 18.0 Å². The van der Waals surface area contributed by atoms with Gasteiger partial charge in [-0.15, -0.1) is 0 Å². The predicted octanol–water partition coefficient (Wildman–Crippen LogP) is 5.17. The summed E-state index contributed by atoms with van der Waals surface area (Å²) in [5.41, 5.74) is 3.69. The average Bonchev–Trinajstić information content (AvgIpc) is 2.83. The van der Waals surface area contributed by atoms with Gasteiger partial charge in [-0.2, -0.15) is 0 Å². The van der Waals surface area contributed by atoms with Crippen LogP contribution in [0.1, 0.15) is 51.6 Å². The lowest BCUT2D eigenvalue weighted by Crippen LogP contribution is -2.29. The van der Waals surface area contributed by atoms with Crippen molar-refractivity contribution in [3.63, 3.8) is 0 Å². The van der Waals surface area contributed by atoms with Gasteiger partial charge in [-0.05, 0) is 73.0 Å². The maximum absolute atomic E-state index is 12.7. The molecule has 3 rings (SSSR count). The van der Waals surface area contributed by atoms with Gasteiger partial charge in [0.25, 0.3) is 5.91 Å². The number of aryl methyl sites for hydroxylation is 1. The normalized spacial score (nSPS) is 11.1. The van der Waals surface area contributed by atoms with E-state index in [1.54, 1.807) is 48.5 Å². The van der Waals surface area contributed by atoms with Gasteiger partial charge in [-0.25, -0.2) is 13.2 Å². The van der Waals surface area contributed by atoms with Crippen molar-refractivity contribution in [3.05, 3.63) is 95.1 Å². The van der Waals surface area contributed by atoms with Crippen LogP contribution >= 0.6 is 0 Å². The SMILES string of the molecule is CCCCOC(=O)c1ccc(NC(=O)c2ccc(N(Cc3ccccc3C)S(C)(=O)=O)cc2)cc1. The monoisotopic (exact) mass is 494 g/mol. The Balaban J connectivity index is 1.69. The number of ether oxygens (including phenoxy) is 1. The van der Waals surface area contributed by atoms with E-state index in [4.69, 9.17) is 4.74 Å². The summed E-state index contributed by atoms with van der Waals surface area (Å²) >= 11 is 0. The van der Waals surface area contributed by atoms with E-state index in [2.05, 4.69) is 5.32 Å². The average molecular weight is 495 g/mol. The Labute approximate surface area is 206 Å². The van der Waals surface area contributed by atoms with E-state index >= 15 is 0 Å². The zero-order valence-corrected chi connectivity index (χ0v) is 21.0. The number of carbonyl (C=O) groups is 2. The number of hydrogen-bond acceptors (Lipinski definition) is 5. The number of amides is 1. The Kier molecular flexibility index (Phi) is 8.65. The molecule has 0 fully saturated rings. The van der Waals surface area contributed by atoms with Crippen LogP contribution in [0.2, 0.25) is 0 Å². The second-order valence-corrected chi connectivity index (χ2v) is 10.2. The smallest absolute Gasteiger partial charge is 0.338 e. The van der Waals surface area contributed by atoms with Crippen LogP contribution in [0.15, 0.2) is 72.8 Å². The molecule has 8 heteroatoms. The summed E-state index contributed by atoms with van der Waals surface area (Å²) < 4.78 is 31.4. The van der Waals surface area contributed by atoms with Gasteiger partial charge >= 0.3 is 5.97 Å². The minimum Gasteiger partial charge on any atom is -0.462 e. The maximum atomic E-state index is 12.7. The molecule has 0 radical (unpaired) electrons. The number of unbranched alkanes of at least 4 members (excludes halogenated alkanes) is 1. The quantitative estimate of drug-likeness (QED) is 0.310. The molecule has 0 bridgehead atoms. The first-order valence-electron chi connectivity index (χ1n) is 11.4. The summed E-state index contributed by atoms with van der Waals surface area (Å²) in [7, 11) is -3.54. The highest BCUT2D eigenvalue weighted by atomic mass is 32.2. The number of esters is 1. The molecular weight excluding hydrogens is 464 g/mol. The molecule has 184 valence electrons. The van der Waals surface area contributed by atoms with E-state index in [0.29, 0.717) is 29.1 Å². The van der Waals surface area contributed by atoms with Crippen LogP contribution in [0.4, 0.5) is 11.4 Å². The van der Waals surface area contributed by atoms with Gasteiger partial charge in [0.2, 0.25) is 10.0 Å². The third-order valence-electron chi connectivity index (χ3n) is 5.50. The van der Waals surface area contributed by atoms with Crippen LogP contribution in [0.25, 0.3) is 0 Å². The standard InChI is InChI=1S/C27H30N2O5S/c1-4-5-18-34-27(31)22-10-14-24(15-11-22)28-26(30)21-12-16-25(17-13-21)29(35(3,32)33)19-23-9-7-6-8-20(23)2/h6-17H,4-5,18-19H2,1-3H3,(H,28,30). The summed E-state index contributed by atoms with van der Waals surface area (Å²) in [5.74, 6) is -0.743. The number of benzene rings is 3. The molecule has 0 saturated carbocycles. The lowest BCUT2D eigenvalue weighted by Gasteiger charge is -2.23. The molecule has 0 atom stereocenters. The highest BCUT2D eigenvalue weighted by Gasteiger charge is 2.19. The molecule has 0 heterocycles. The fourth-order valence-corrected chi connectivity index (χ4v) is 4.29. The summed E-state index contributed by atoms with van der Waals surface area (Å²) in [6.07, 6.45) is 2.92. The lowest BCUT2D eigenvalue weighted by molar-refractivity contribution is 0.0499. The molecule has 0 spiro atoms. The van der Waals surface area contributed by atoms with Gasteiger partial charge < -0.3 is 10.1 Å². The van der Waals surface area contributed by atoms with Crippen molar-refractivity contribution < 1.29 is 22.7 Å². The van der Waals surface area contributed by atoms with Crippen LogP contribution in [0.5, 0.6) is 0 Å². The Morgan fingerprint density at radius 2 is 1.54 bits per heavy atom. The molecular formula is C27H30N2O5S. The van der Waals surface area contributed by atoms with Crippen LogP contribution in [0.3, 0.4) is 0 Å². The second kappa shape index (κ2) is 11.7. The second-order valence-electron chi connectivity index (χ2n) is 8.26. The van der Waals surface area contributed by atoms with Gasteiger partial charge in [0.1, 0.15) is 0 Å². The first-order valence-corrected chi connectivity index (χ1v) is 13.2. The molecule has 3 aromatic rings. The molecule has 0 unspecified atom stereocenters. The number of nitrogens with one attached hydrogen (secondary N) is 1. The number of hydrogen-bond donors (Lipinski definition) is 1. The Bertz CT molecular complexity index is 1270. The van der Waals surface area contributed by atoms with E-state index in [-0.39, 0.29) is 12.5 Å². The van der Waals surface area contributed by atoms with Crippen molar-refractivity contribution in [1.82, 2.24) is 0 Å². The van der Waals surface area contributed by atoms with Crippen molar-refractivity contribution in [2.75, 3.05) is 22.5 Å². The molecule has 35 heavy (non-hydrogen) atoms. The van der Waals surface area contributed by atoms with Crippen molar-refractivity contribution in [1.29, 1.82) is 0 Å². The molecule has 7 nitrogen and oxygen atoms in total. The van der Waals surface area contributed by atoms with Gasteiger partial charge in [-0.3, -0.25) is 9.10 Å². The zero-order chi connectivity index (χ0) is 25.4. The van der Waals surface area contributed by atoms with Gasteiger partial charge in [-0.1, -0.05) is 37.6 Å². The van der Waals surface area contributed by atoms with E-state index in [1.165, 1.54) is 4.31 Å². The highest BCUT2D eigenvalue weighted by Crippen LogP contribution is 2.23. The minimum absolute atomic E-state index is 0.199. The van der Waals surface area contributed by atoms with Crippen LogP contribution < -0.4 is 9.62 Å². The maximum Gasteiger partial charge on any atom is 0.338 e. The molecule has 3 aromatic carbocycles. The Morgan fingerprint density at radius 3 is 2.14 bits per heavy atom. The largest absolute Gasteiger partial charge is 0.462 e. The highest BCUT2D eigenvalue weighted by molar-refractivity contribution is 7.92. The predicted molar refractivity (Wildman–Crippen MR) is 138 cm³/mol. The van der Waals surface area contributed by atoms with Crippen LogP contribution in [-0.2, 0) is 21.3 Å². The topological polar surface area (TPSA) is 92.8 Å². The third-order valence-corrected chi connectivity index (χ3v) is 6.64. The third kappa shape index (κ3) is 7.16. The first-order chi connectivity index (χ1) is 16.7. The number of nitrogens with zero attached hydrogens (tertiary/aromatic N) is 1. The van der Waals surface area contributed by atoms with Gasteiger partial charge in [0.15, 0.2) is 0 Å². The van der Waals surface area contributed by atoms with Crippen LogP contribution in [-0.4, -0.2) is 33.2 Å². The summed E-state index contributed by atoms with van der Waals surface area (Å²) in [4.78, 5) is 24.7. The number of rotatable bonds is 10. The van der Waals surface area contributed by atoms with Crippen molar-refractivity contribution in [3.8, 4) is 0 Å². The van der Waals surface area contributed by atoms with Crippen molar-refractivity contribution in [2.24, 2.45) is 0 Å². The molecule has 0 saturated heterocycles. The molecule has 1 N–H and O–H groups in total. The number of sulfonamides is 1. The molecule has 1 amide bonds. The first kappa shape index (κ1) is 26.0. The summed E-state index contributed by atoms with van der Waals surface area (Å²) in [5, 5.41) is 2.78. The summed E-state index contributed by atoms with van der Waals surface area (Å²) in [6, 6.07) is 20.5. The minimum atomic E-state index is -3.54. The van der Waals surface area contributed by atoms with Crippen molar-refractivity contribution >= 4 is 33.3 Å². The fraction of sp³-hybridized carbons (Fsp3) is 0.259.